The Labute approximate surface area is 187 Å². The SMILES string of the molecule is Nc1nc(NCCc2ccc(NC(=O)c3ccncc3)cc2)nc2nc(-c3ccco3)nn12. The van der Waals surface area contributed by atoms with E-state index in [1.807, 2.05) is 24.3 Å². The smallest absolute Gasteiger partial charge is 0.259 e. The molecule has 11 nitrogen and oxygen atoms in total. The molecule has 4 heterocycles. The van der Waals surface area contributed by atoms with Gasteiger partial charge in [-0.05, 0) is 48.4 Å². The number of nitrogens with one attached hydrogen (secondary N) is 2. The second-order valence-corrected chi connectivity index (χ2v) is 7.09. The van der Waals surface area contributed by atoms with Crippen LogP contribution in [0.15, 0.2) is 71.6 Å². The number of nitrogen functional groups attached to an aromatic ring is 1. The summed E-state index contributed by atoms with van der Waals surface area (Å²) in [5, 5.41) is 10.3. The maximum atomic E-state index is 12.2. The van der Waals surface area contributed by atoms with Crippen LogP contribution < -0.4 is 16.4 Å². The summed E-state index contributed by atoms with van der Waals surface area (Å²) in [5.41, 5.74) is 8.36. The van der Waals surface area contributed by atoms with E-state index < -0.39 is 0 Å². The van der Waals surface area contributed by atoms with Gasteiger partial charge in [-0.25, -0.2) is 0 Å². The first kappa shape index (κ1) is 20.1. The maximum Gasteiger partial charge on any atom is 0.259 e. The fraction of sp³-hybridized carbons (Fsp3) is 0.0909. The molecule has 4 N–H and O–H groups in total. The van der Waals surface area contributed by atoms with Crippen molar-refractivity contribution in [3.05, 3.63) is 78.3 Å². The van der Waals surface area contributed by atoms with Crippen LogP contribution in [0.4, 0.5) is 17.6 Å². The Morgan fingerprint density at radius 1 is 1.03 bits per heavy atom. The molecule has 1 amide bonds. The summed E-state index contributed by atoms with van der Waals surface area (Å²) in [5.74, 6) is 1.58. The van der Waals surface area contributed by atoms with Gasteiger partial charge in [0.2, 0.25) is 17.7 Å². The van der Waals surface area contributed by atoms with Crippen LogP contribution in [-0.2, 0) is 6.42 Å². The number of furan rings is 1. The topological polar surface area (TPSA) is 149 Å². The molecule has 0 radical (unpaired) electrons. The zero-order valence-electron chi connectivity index (χ0n) is 17.3. The third-order valence-corrected chi connectivity index (χ3v) is 4.83. The predicted molar refractivity (Wildman–Crippen MR) is 122 cm³/mol. The van der Waals surface area contributed by atoms with Gasteiger partial charge in [0.05, 0.1) is 6.26 Å². The lowest BCUT2D eigenvalue weighted by Crippen LogP contribution is -2.13. The van der Waals surface area contributed by atoms with E-state index in [2.05, 4.69) is 35.7 Å². The van der Waals surface area contributed by atoms with Crippen molar-refractivity contribution in [1.29, 1.82) is 0 Å². The average molecular weight is 441 g/mol. The number of fused-ring (bicyclic) bond motifs is 1. The number of pyridine rings is 1. The monoisotopic (exact) mass is 441 g/mol. The van der Waals surface area contributed by atoms with Gasteiger partial charge in [-0.1, -0.05) is 12.1 Å². The second kappa shape index (κ2) is 8.75. The number of aromatic nitrogens is 6. The average Bonchev–Trinajstić information content (AvgIpc) is 3.51. The summed E-state index contributed by atoms with van der Waals surface area (Å²) in [6.07, 6.45) is 5.43. The van der Waals surface area contributed by atoms with Crippen molar-refractivity contribution in [2.45, 2.75) is 6.42 Å². The van der Waals surface area contributed by atoms with E-state index in [9.17, 15) is 4.79 Å². The first-order valence-electron chi connectivity index (χ1n) is 10.1. The Balaban J connectivity index is 1.19. The van der Waals surface area contributed by atoms with Crippen molar-refractivity contribution in [2.24, 2.45) is 0 Å². The van der Waals surface area contributed by atoms with Crippen LogP contribution in [0.25, 0.3) is 17.4 Å². The molecule has 11 heteroatoms. The van der Waals surface area contributed by atoms with Gasteiger partial charge in [-0.2, -0.15) is 19.5 Å². The van der Waals surface area contributed by atoms with Gasteiger partial charge in [0.15, 0.2) is 5.76 Å². The second-order valence-electron chi connectivity index (χ2n) is 7.09. The number of amides is 1. The van der Waals surface area contributed by atoms with E-state index in [1.54, 1.807) is 42.9 Å². The molecule has 0 fully saturated rings. The normalized spacial score (nSPS) is 10.9. The quantitative estimate of drug-likeness (QED) is 0.346. The fourth-order valence-corrected chi connectivity index (χ4v) is 3.17. The molecule has 0 aliphatic carbocycles. The highest BCUT2D eigenvalue weighted by atomic mass is 16.3. The van der Waals surface area contributed by atoms with Gasteiger partial charge in [0, 0.05) is 30.2 Å². The number of benzene rings is 1. The number of carbonyl (C=O) groups is 1. The molecule has 33 heavy (non-hydrogen) atoms. The summed E-state index contributed by atoms with van der Waals surface area (Å²) >= 11 is 0. The van der Waals surface area contributed by atoms with Gasteiger partial charge in [0.1, 0.15) is 0 Å². The standard InChI is InChI=1S/C22H19N9O2/c23-20-28-21(29-22-27-18(30-31(20)22)17-2-1-13-33-17)25-12-7-14-3-5-16(6-4-14)26-19(32)15-8-10-24-11-9-15/h1-6,8-11,13H,7,12H2,(H,26,32)(H3,23,25,27,28,29,30). The molecule has 164 valence electrons. The third kappa shape index (κ3) is 4.46. The molecule has 0 saturated heterocycles. The Hall–Kier alpha value is -4.80. The van der Waals surface area contributed by atoms with Crippen molar-refractivity contribution in [3.8, 4) is 11.6 Å². The molecule has 5 rings (SSSR count). The van der Waals surface area contributed by atoms with E-state index in [0.29, 0.717) is 41.1 Å². The van der Waals surface area contributed by atoms with Crippen molar-refractivity contribution in [2.75, 3.05) is 22.9 Å². The summed E-state index contributed by atoms with van der Waals surface area (Å²) in [6.45, 7) is 0.581. The van der Waals surface area contributed by atoms with Crippen LogP contribution in [-0.4, -0.2) is 42.0 Å². The maximum absolute atomic E-state index is 12.2. The van der Waals surface area contributed by atoms with Gasteiger partial charge in [-0.15, -0.1) is 5.10 Å². The summed E-state index contributed by atoms with van der Waals surface area (Å²) in [6, 6.07) is 14.5. The minimum Gasteiger partial charge on any atom is -0.461 e. The zero-order chi connectivity index (χ0) is 22.6. The summed E-state index contributed by atoms with van der Waals surface area (Å²) in [4.78, 5) is 29.1. The molecule has 0 aliphatic heterocycles. The molecule has 1 aromatic carbocycles. The first-order chi connectivity index (χ1) is 16.2. The number of hydrogen-bond acceptors (Lipinski definition) is 9. The number of carbonyl (C=O) groups excluding carboxylic acids is 1. The van der Waals surface area contributed by atoms with Crippen LogP contribution in [0.5, 0.6) is 0 Å². The summed E-state index contributed by atoms with van der Waals surface area (Å²) < 4.78 is 6.68. The van der Waals surface area contributed by atoms with Gasteiger partial charge < -0.3 is 20.8 Å². The Morgan fingerprint density at radius 3 is 2.61 bits per heavy atom. The Bertz CT molecular complexity index is 1380. The van der Waals surface area contributed by atoms with Crippen molar-refractivity contribution in [3.63, 3.8) is 0 Å². The lowest BCUT2D eigenvalue weighted by molar-refractivity contribution is 0.102. The van der Waals surface area contributed by atoms with Gasteiger partial charge >= 0.3 is 0 Å². The minimum atomic E-state index is -0.180. The van der Waals surface area contributed by atoms with Crippen LogP contribution in [0.2, 0.25) is 0 Å². The number of hydrogen-bond donors (Lipinski definition) is 3. The molecular weight excluding hydrogens is 422 g/mol. The number of nitrogens with zero attached hydrogens (tertiary/aromatic N) is 6. The van der Waals surface area contributed by atoms with Crippen molar-refractivity contribution >= 4 is 29.3 Å². The van der Waals surface area contributed by atoms with Crippen LogP contribution >= 0.6 is 0 Å². The largest absolute Gasteiger partial charge is 0.461 e. The fourth-order valence-electron chi connectivity index (χ4n) is 3.17. The molecule has 0 aliphatic rings. The van der Waals surface area contributed by atoms with E-state index in [-0.39, 0.29) is 11.9 Å². The molecule has 0 unspecified atom stereocenters. The highest BCUT2D eigenvalue weighted by molar-refractivity contribution is 6.04. The molecule has 5 aromatic rings. The molecule has 0 bridgehead atoms. The summed E-state index contributed by atoms with van der Waals surface area (Å²) in [7, 11) is 0. The number of anilines is 3. The van der Waals surface area contributed by atoms with Crippen molar-refractivity contribution in [1.82, 2.24) is 29.5 Å². The van der Waals surface area contributed by atoms with E-state index in [4.69, 9.17) is 10.2 Å². The van der Waals surface area contributed by atoms with Crippen LogP contribution in [0.3, 0.4) is 0 Å². The van der Waals surface area contributed by atoms with E-state index >= 15 is 0 Å². The first-order valence-corrected chi connectivity index (χ1v) is 10.1. The molecular formula is C22H19N9O2. The Morgan fingerprint density at radius 2 is 1.85 bits per heavy atom. The highest BCUT2D eigenvalue weighted by Crippen LogP contribution is 2.18. The van der Waals surface area contributed by atoms with Crippen LogP contribution in [0.1, 0.15) is 15.9 Å². The predicted octanol–water partition coefficient (Wildman–Crippen LogP) is 2.66. The third-order valence-electron chi connectivity index (χ3n) is 4.83. The highest BCUT2D eigenvalue weighted by Gasteiger charge is 2.13. The zero-order valence-corrected chi connectivity index (χ0v) is 17.3. The molecule has 0 atom stereocenters. The molecule has 0 spiro atoms. The van der Waals surface area contributed by atoms with Gasteiger partial charge in [0.25, 0.3) is 11.7 Å². The molecule has 0 saturated carbocycles. The lowest BCUT2D eigenvalue weighted by atomic mass is 10.1. The minimum absolute atomic E-state index is 0.169. The molecule has 4 aromatic heterocycles. The number of nitrogens with two attached hydrogens (primary N) is 1. The van der Waals surface area contributed by atoms with E-state index in [1.165, 1.54) is 4.52 Å². The Kier molecular flexibility index (Phi) is 5.33. The van der Waals surface area contributed by atoms with E-state index in [0.717, 1.165) is 12.0 Å². The van der Waals surface area contributed by atoms with Crippen LogP contribution in [0, 0.1) is 0 Å². The van der Waals surface area contributed by atoms with Crippen molar-refractivity contribution < 1.29 is 9.21 Å². The lowest BCUT2D eigenvalue weighted by Gasteiger charge is -2.08. The number of rotatable bonds is 7. The van der Waals surface area contributed by atoms with Gasteiger partial charge in [-0.3, -0.25) is 9.78 Å².